The number of hydrogen-bond donors (Lipinski definition) is 3. The average Bonchev–Trinajstić information content (AvgIpc) is 3.32. The standard InChI is InChI=1S/C23H25N5O2.CH4/c24-21-20-15-19(8-7-16(20)9-10-26-21)30-14-11-27-23(29)18-5-3-17(4-6-18)22(25)28-12-1-2-13-28;/h3-10,15,25H,1-2,11-14H2,(H2,24,26)(H,27,29);1H4. The summed E-state index contributed by atoms with van der Waals surface area (Å²) >= 11 is 0. The van der Waals surface area contributed by atoms with Crippen molar-refractivity contribution in [3.8, 4) is 5.75 Å². The third-order valence-electron chi connectivity index (χ3n) is 5.27. The number of carbonyl (C=O) groups excluding carboxylic acids is 1. The summed E-state index contributed by atoms with van der Waals surface area (Å²) in [5, 5.41) is 13.0. The Bertz CT molecular complexity index is 1060. The number of pyridine rings is 1. The molecule has 4 rings (SSSR count). The largest absolute Gasteiger partial charge is 0.492 e. The van der Waals surface area contributed by atoms with Gasteiger partial charge in [0, 0.05) is 35.8 Å². The second-order valence-electron chi connectivity index (χ2n) is 7.30. The van der Waals surface area contributed by atoms with E-state index in [2.05, 4.69) is 15.2 Å². The maximum atomic E-state index is 12.4. The summed E-state index contributed by atoms with van der Waals surface area (Å²) in [5.74, 6) is 1.51. The molecule has 7 heteroatoms. The van der Waals surface area contributed by atoms with Gasteiger partial charge in [-0.2, -0.15) is 0 Å². The topological polar surface area (TPSA) is 104 Å². The molecule has 7 nitrogen and oxygen atoms in total. The van der Waals surface area contributed by atoms with Gasteiger partial charge >= 0.3 is 0 Å². The summed E-state index contributed by atoms with van der Waals surface area (Å²) in [4.78, 5) is 18.5. The van der Waals surface area contributed by atoms with E-state index in [1.54, 1.807) is 18.3 Å². The highest BCUT2D eigenvalue weighted by atomic mass is 16.5. The minimum absolute atomic E-state index is 0. The monoisotopic (exact) mass is 419 g/mol. The molecule has 1 saturated heterocycles. The number of rotatable bonds is 6. The lowest BCUT2D eigenvalue weighted by Gasteiger charge is -2.18. The van der Waals surface area contributed by atoms with Gasteiger partial charge in [-0.05, 0) is 48.6 Å². The van der Waals surface area contributed by atoms with Gasteiger partial charge in [-0.3, -0.25) is 10.2 Å². The van der Waals surface area contributed by atoms with Crippen molar-refractivity contribution in [1.29, 1.82) is 5.41 Å². The zero-order valence-electron chi connectivity index (χ0n) is 16.7. The first kappa shape index (κ1) is 22.1. The molecule has 0 atom stereocenters. The molecule has 1 fully saturated rings. The smallest absolute Gasteiger partial charge is 0.251 e. The normalized spacial score (nSPS) is 13.0. The van der Waals surface area contributed by atoms with Crippen LogP contribution in [-0.2, 0) is 0 Å². The molecule has 0 unspecified atom stereocenters. The molecule has 0 spiro atoms. The van der Waals surface area contributed by atoms with Gasteiger partial charge in [0.05, 0.1) is 6.54 Å². The molecular formula is C24H29N5O2. The summed E-state index contributed by atoms with van der Waals surface area (Å²) in [6.07, 6.45) is 3.94. The molecule has 0 bridgehead atoms. The average molecular weight is 420 g/mol. The number of nitrogens with two attached hydrogens (primary N) is 1. The van der Waals surface area contributed by atoms with Gasteiger partial charge in [0.2, 0.25) is 0 Å². The Hall–Kier alpha value is -3.61. The number of fused-ring (bicyclic) bond motifs is 1. The van der Waals surface area contributed by atoms with Crippen molar-refractivity contribution in [3.63, 3.8) is 0 Å². The van der Waals surface area contributed by atoms with Crippen molar-refractivity contribution in [2.45, 2.75) is 20.3 Å². The van der Waals surface area contributed by atoms with Crippen molar-refractivity contribution < 1.29 is 9.53 Å². The summed E-state index contributed by atoms with van der Waals surface area (Å²) < 4.78 is 5.73. The van der Waals surface area contributed by atoms with Crippen molar-refractivity contribution in [3.05, 3.63) is 65.9 Å². The minimum Gasteiger partial charge on any atom is -0.492 e. The number of aromatic nitrogens is 1. The van der Waals surface area contributed by atoms with Crippen LogP contribution in [0.4, 0.5) is 5.82 Å². The summed E-state index contributed by atoms with van der Waals surface area (Å²) in [6, 6.07) is 14.7. The van der Waals surface area contributed by atoms with Gasteiger partial charge in [0.15, 0.2) is 0 Å². The lowest BCUT2D eigenvalue weighted by molar-refractivity contribution is 0.0947. The quantitative estimate of drug-likeness (QED) is 0.321. The van der Waals surface area contributed by atoms with Crippen molar-refractivity contribution in [1.82, 2.24) is 15.2 Å². The number of ether oxygens (including phenoxy) is 1. The Labute approximate surface area is 182 Å². The molecule has 0 saturated carbocycles. The molecule has 4 N–H and O–H groups in total. The Morgan fingerprint density at radius 1 is 1.10 bits per heavy atom. The van der Waals surface area contributed by atoms with E-state index in [4.69, 9.17) is 15.9 Å². The van der Waals surface area contributed by atoms with Crippen LogP contribution < -0.4 is 15.8 Å². The Kier molecular flexibility index (Phi) is 7.07. The van der Waals surface area contributed by atoms with Crippen LogP contribution in [0.2, 0.25) is 0 Å². The van der Waals surface area contributed by atoms with Gasteiger partial charge in [0.1, 0.15) is 24.0 Å². The SMILES string of the molecule is C.N=C(c1ccc(C(=O)NCCOc2ccc3ccnc(N)c3c2)cc1)N1CCCC1. The lowest BCUT2D eigenvalue weighted by atomic mass is 10.1. The van der Waals surface area contributed by atoms with Gasteiger partial charge in [-0.1, -0.05) is 25.6 Å². The first-order valence-corrected chi connectivity index (χ1v) is 10.1. The van der Waals surface area contributed by atoms with Crippen LogP contribution in [0.1, 0.15) is 36.2 Å². The number of benzene rings is 2. The van der Waals surface area contributed by atoms with Crippen LogP contribution in [-0.4, -0.2) is 47.9 Å². The van der Waals surface area contributed by atoms with E-state index >= 15 is 0 Å². The molecule has 1 aliphatic rings. The summed E-state index contributed by atoms with van der Waals surface area (Å²) in [5.41, 5.74) is 7.31. The van der Waals surface area contributed by atoms with Crippen molar-refractivity contribution in [2.75, 3.05) is 32.0 Å². The fraction of sp³-hybridized carbons (Fsp3) is 0.292. The molecule has 31 heavy (non-hydrogen) atoms. The molecule has 1 aromatic heterocycles. The molecule has 0 aliphatic carbocycles. The number of carbonyl (C=O) groups is 1. The maximum Gasteiger partial charge on any atom is 0.251 e. The van der Waals surface area contributed by atoms with Gasteiger partial charge in [-0.25, -0.2) is 4.98 Å². The van der Waals surface area contributed by atoms with Crippen molar-refractivity contribution in [2.24, 2.45) is 0 Å². The molecular weight excluding hydrogens is 390 g/mol. The fourth-order valence-corrected chi connectivity index (χ4v) is 3.60. The van der Waals surface area contributed by atoms with Crippen LogP contribution in [0, 0.1) is 5.41 Å². The maximum absolute atomic E-state index is 12.4. The molecule has 2 aromatic carbocycles. The molecule has 3 aromatic rings. The lowest BCUT2D eigenvalue weighted by Crippen LogP contribution is -2.29. The van der Waals surface area contributed by atoms with E-state index < -0.39 is 0 Å². The molecule has 162 valence electrons. The van der Waals surface area contributed by atoms with Crippen LogP contribution in [0.15, 0.2) is 54.7 Å². The Morgan fingerprint density at radius 2 is 1.81 bits per heavy atom. The molecule has 1 amide bonds. The number of anilines is 1. The predicted molar refractivity (Wildman–Crippen MR) is 125 cm³/mol. The Balaban J connectivity index is 0.00000272. The van der Waals surface area contributed by atoms with Crippen LogP contribution in [0.5, 0.6) is 5.75 Å². The number of amidine groups is 1. The van der Waals surface area contributed by atoms with E-state index in [1.807, 2.05) is 36.4 Å². The Morgan fingerprint density at radius 3 is 2.55 bits per heavy atom. The second-order valence-corrected chi connectivity index (χ2v) is 7.30. The third-order valence-corrected chi connectivity index (χ3v) is 5.27. The van der Waals surface area contributed by atoms with Gasteiger partial charge in [0.25, 0.3) is 5.91 Å². The highest BCUT2D eigenvalue weighted by molar-refractivity contribution is 5.99. The van der Waals surface area contributed by atoms with Crippen LogP contribution in [0.25, 0.3) is 10.8 Å². The first-order chi connectivity index (χ1) is 14.6. The fourth-order valence-electron chi connectivity index (χ4n) is 3.60. The number of nitrogen functional groups attached to an aromatic ring is 1. The highest BCUT2D eigenvalue weighted by Crippen LogP contribution is 2.24. The number of nitrogens with zero attached hydrogens (tertiary/aromatic N) is 2. The summed E-state index contributed by atoms with van der Waals surface area (Å²) in [6.45, 7) is 2.59. The molecule has 0 radical (unpaired) electrons. The number of hydrogen-bond acceptors (Lipinski definition) is 5. The van der Waals surface area contributed by atoms with Crippen LogP contribution >= 0.6 is 0 Å². The third kappa shape index (κ3) is 5.12. The molecule has 1 aliphatic heterocycles. The number of likely N-dealkylation sites (tertiary alicyclic amines) is 1. The number of amides is 1. The van der Waals surface area contributed by atoms with E-state index in [9.17, 15) is 4.79 Å². The zero-order chi connectivity index (χ0) is 20.9. The van der Waals surface area contributed by atoms with Gasteiger partial charge < -0.3 is 20.7 Å². The van der Waals surface area contributed by atoms with E-state index in [-0.39, 0.29) is 13.3 Å². The zero-order valence-corrected chi connectivity index (χ0v) is 16.7. The second kappa shape index (κ2) is 9.93. The predicted octanol–water partition coefficient (Wildman–Crippen LogP) is 3.68. The first-order valence-electron chi connectivity index (χ1n) is 10.1. The highest BCUT2D eigenvalue weighted by Gasteiger charge is 2.16. The molecule has 2 heterocycles. The van der Waals surface area contributed by atoms with E-state index in [1.165, 1.54) is 0 Å². The van der Waals surface area contributed by atoms with E-state index in [0.29, 0.717) is 36.1 Å². The van der Waals surface area contributed by atoms with E-state index in [0.717, 1.165) is 42.3 Å². The minimum atomic E-state index is -0.162. The van der Waals surface area contributed by atoms with Gasteiger partial charge in [-0.15, -0.1) is 0 Å². The number of nitrogens with one attached hydrogen (secondary N) is 2. The van der Waals surface area contributed by atoms with Crippen LogP contribution in [0.3, 0.4) is 0 Å². The summed E-state index contributed by atoms with van der Waals surface area (Å²) in [7, 11) is 0. The van der Waals surface area contributed by atoms with Crippen molar-refractivity contribution >= 4 is 28.3 Å².